The first-order chi connectivity index (χ1) is 17.2. The molecular formula is C27H34N4O4S. The highest BCUT2D eigenvalue weighted by atomic mass is 32.2. The van der Waals surface area contributed by atoms with Gasteiger partial charge < -0.3 is 9.64 Å². The highest BCUT2D eigenvalue weighted by Crippen LogP contribution is 2.31. The normalized spacial score (nSPS) is 11.5. The van der Waals surface area contributed by atoms with Crippen LogP contribution < -0.4 is 4.90 Å². The summed E-state index contributed by atoms with van der Waals surface area (Å²) >= 11 is 0. The number of ether oxygens (including phenoxy) is 1. The minimum atomic E-state index is -3.56. The molecule has 3 rings (SSSR count). The van der Waals surface area contributed by atoms with E-state index in [0.717, 1.165) is 54.0 Å². The van der Waals surface area contributed by atoms with E-state index in [1.807, 2.05) is 66.9 Å². The second-order valence-corrected chi connectivity index (χ2v) is 10.8. The molecule has 1 amide bonds. The molecule has 0 fully saturated rings. The van der Waals surface area contributed by atoms with E-state index in [9.17, 15) is 13.2 Å². The number of anilines is 1. The van der Waals surface area contributed by atoms with Gasteiger partial charge in [-0.2, -0.15) is 0 Å². The number of likely N-dealkylation sites (N-methyl/N-ethyl adjacent to an activating group) is 1. The average Bonchev–Trinajstić information content (AvgIpc) is 2.87. The Kier molecular flexibility index (Phi) is 9.55. The standard InChI is InChI=1S/C27H34N4O4S/c1-21(2)31(17-11-12-18-35-20-25(32)30(3)36(4,33)34)24-19-28-26(22-13-7-5-8-14-22)27(29-24)23-15-9-6-10-16-23/h5-10,13-16,19,21H,11-12,17-18,20H2,1-4H3. The number of unbranched alkanes of at least 4 members (excludes halogenated alkanes) is 1. The quantitative estimate of drug-likeness (QED) is 0.337. The van der Waals surface area contributed by atoms with Crippen LogP contribution in [-0.2, 0) is 19.6 Å². The van der Waals surface area contributed by atoms with Crippen molar-refractivity contribution < 1.29 is 17.9 Å². The summed E-state index contributed by atoms with van der Waals surface area (Å²) in [6, 6.07) is 20.3. The molecule has 192 valence electrons. The second-order valence-electron chi connectivity index (χ2n) is 8.83. The number of aromatic nitrogens is 2. The first-order valence-electron chi connectivity index (χ1n) is 12.0. The van der Waals surface area contributed by atoms with E-state index in [2.05, 4.69) is 18.7 Å². The first kappa shape index (κ1) is 27.3. The fraction of sp³-hybridized carbons (Fsp3) is 0.370. The number of carbonyl (C=O) groups is 1. The predicted molar refractivity (Wildman–Crippen MR) is 143 cm³/mol. The van der Waals surface area contributed by atoms with Gasteiger partial charge in [-0.25, -0.2) is 17.7 Å². The van der Waals surface area contributed by atoms with Gasteiger partial charge in [0.15, 0.2) is 0 Å². The molecule has 0 saturated carbocycles. The maximum Gasteiger partial charge on any atom is 0.261 e. The number of hydrogen-bond acceptors (Lipinski definition) is 7. The van der Waals surface area contributed by atoms with E-state index in [1.54, 1.807) is 0 Å². The molecule has 3 aromatic rings. The SMILES string of the molecule is CC(C)N(CCCCOCC(=O)N(C)S(C)(=O)=O)c1cnc(-c2ccccc2)c(-c2ccccc2)n1. The molecule has 8 nitrogen and oxygen atoms in total. The molecule has 1 aromatic heterocycles. The molecule has 0 N–H and O–H groups in total. The number of amides is 1. The highest BCUT2D eigenvalue weighted by molar-refractivity contribution is 7.88. The van der Waals surface area contributed by atoms with Crippen molar-refractivity contribution in [3.8, 4) is 22.5 Å². The monoisotopic (exact) mass is 510 g/mol. The maximum absolute atomic E-state index is 11.9. The Morgan fingerprint density at radius 3 is 2.08 bits per heavy atom. The van der Waals surface area contributed by atoms with Crippen LogP contribution >= 0.6 is 0 Å². The Labute approximate surface area is 214 Å². The largest absolute Gasteiger partial charge is 0.372 e. The van der Waals surface area contributed by atoms with Crippen LogP contribution in [0.5, 0.6) is 0 Å². The van der Waals surface area contributed by atoms with E-state index in [-0.39, 0.29) is 12.6 Å². The van der Waals surface area contributed by atoms with Gasteiger partial charge >= 0.3 is 0 Å². The molecule has 0 aliphatic rings. The van der Waals surface area contributed by atoms with Gasteiger partial charge in [-0.15, -0.1) is 0 Å². The Balaban J connectivity index is 1.68. The molecule has 0 spiro atoms. The van der Waals surface area contributed by atoms with Gasteiger partial charge in [0.05, 0.1) is 23.8 Å². The van der Waals surface area contributed by atoms with Crippen LogP contribution in [0.2, 0.25) is 0 Å². The zero-order chi connectivity index (χ0) is 26.1. The molecule has 0 unspecified atom stereocenters. The molecule has 36 heavy (non-hydrogen) atoms. The molecule has 1 heterocycles. The smallest absolute Gasteiger partial charge is 0.261 e. The van der Waals surface area contributed by atoms with Gasteiger partial charge in [-0.1, -0.05) is 60.7 Å². The molecule has 0 aliphatic carbocycles. The molecule has 0 saturated heterocycles. The number of sulfonamides is 1. The topological polar surface area (TPSA) is 92.7 Å². The Morgan fingerprint density at radius 1 is 0.944 bits per heavy atom. The summed E-state index contributed by atoms with van der Waals surface area (Å²) in [7, 11) is -2.33. The molecule has 0 radical (unpaired) electrons. The van der Waals surface area contributed by atoms with E-state index in [0.29, 0.717) is 10.9 Å². The van der Waals surface area contributed by atoms with Crippen LogP contribution in [0, 0.1) is 0 Å². The Hall–Kier alpha value is -3.30. The third-order valence-corrected chi connectivity index (χ3v) is 6.98. The average molecular weight is 511 g/mol. The van der Waals surface area contributed by atoms with Crippen LogP contribution in [0.15, 0.2) is 66.9 Å². The van der Waals surface area contributed by atoms with Crippen LogP contribution in [0.4, 0.5) is 5.82 Å². The zero-order valence-corrected chi connectivity index (χ0v) is 22.1. The number of rotatable bonds is 12. The van der Waals surface area contributed by atoms with E-state index < -0.39 is 15.9 Å². The lowest BCUT2D eigenvalue weighted by molar-refractivity contribution is -0.130. The lowest BCUT2D eigenvalue weighted by Gasteiger charge is -2.28. The van der Waals surface area contributed by atoms with Gasteiger partial charge in [-0.05, 0) is 26.7 Å². The van der Waals surface area contributed by atoms with Gasteiger partial charge in [0.2, 0.25) is 10.0 Å². The fourth-order valence-electron chi connectivity index (χ4n) is 3.68. The molecule has 0 bridgehead atoms. The van der Waals surface area contributed by atoms with Crippen molar-refractivity contribution in [2.75, 3.05) is 38.0 Å². The lowest BCUT2D eigenvalue weighted by atomic mass is 10.0. The molecule has 0 aliphatic heterocycles. The van der Waals surface area contributed by atoms with Gasteiger partial charge in [0.25, 0.3) is 5.91 Å². The molecule has 9 heteroatoms. The predicted octanol–water partition coefficient (Wildman–Crippen LogP) is 4.24. The van der Waals surface area contributed by atoms with Gasteiger partial charge in [-0.3, -0.25) is 9.78 Å². The van der Waals surface area contributed by atoms with Crippen LogP contribution in [0.1, 0.15) is 26.7 Å². The number of carbonyl (C=O) groups excluding carboxylic acids is 1. The van der Waals surface area contributed by atoms with Crippen LogP contribution in [0.3, 0.4) is 0 Å². The summed E-state index contributed by atoms with van der Waals surface area (Å²) in [5.41, 5.74) is 3.69. The highest BCUT2D eigenvalue weighted by Gasteiger charge is 2.19. The summed E-state index contributed by atoms with van der Waals surface area (Å²) in [6.07, 6.45) is 4.35. The Bertz CT molecular complexity index is 1240. The number of benzene rings is 2. The van der Waals surface area contributed by atoms with Crippen LogP contribution in [0.25, 0.3) is 22.5 Å². The van der Waals surface area contributed by atoms with Crippen molar-refractivity contribution in [1.29, 1.82) is 0 Å². The maximum atomic E-state index is 11.9. The van der Waals surface area contributed by atoms with E-state index in [1.165, 1.54) is 7.05 Å². The minimum Gasteiger partial charge on any atom is -0.372 e. The zero-order valence-electron chi connectivity index (χ0n) is 21.3. The first-order valence-corrected chi connectivity index (χ1v) is 13.8. The van der Waals surface area contributed by atoms with Gasteiger partial charge in [0, 0.05) is 37.4 Å². The second kappa shape index (κ2) is 12.6. The summed E-state index contributed by atoms with van der Waals surface area (Å²) < 4.78 is 29.0. The van der Waals surface area contributed by atoms with Crippen molar-refractivity contribution >= 4 is 21.7 Å². The van der Waals surface area contributed by atoms with E-state index in [4.69, 9.17) is 14.7 Å². The summed E-state index contributed by atoms with van der Waals surface area (Å²) in [5, 5.41) is 0. The summed E-state index contributed by atoms with van der Waals surface area (Å²) in [4.78, 5) is 24.0. The van der Waals surface area contributed by atoms with Gasteiger partial charge in [0.1, 0.15) is 12.4 Å². The fourth-order valence-corrected chi connectivity index (χ4v) is 4.10. The van der Waals surface area contributed by atoms with E-state index >= 15 is 0 Å². The van der Waals surface area contributed by atoms with Crippen LogP contribution in [-0.4, -0.2) is 67.7 Å². The number of nitrogens with zero attached hydrogens (tertiary/aromatic N) is 4. The minimum absolute atomic E-state index is 0.205. The van der Waals surface area contributed by atoms with Crippen molar-refractivity contribution in [2.45, 2.75) is 32.7 Å². The molecular weight excluding hydrogens is 476 g/mol. The van der Waals surface area contributed by atoms with Crippen molar-refractivity contribution in [2.24, 2.45) is 0 Å². The third-order valence-electron chi connectivity index (χ3n) is 5.78. The lowest BCUT2D eigenvalue weighted by Crippen LogP contribution is -2.35. The number of hydrogen-bond donors (Lipinski definition) is 0. The summed E-state index contributed by atoms with van der Waals surface area (Å²) in [5.74, 6) is 0.220. The molecule has 0 atom stereocenters. The third kappa shape index (κ3) is 7.35. The summed E-state index contributed by atoms with van der Waals surface area (Å²) in [6.45, 7) is 5.08. The van der Waals surface area contributed by atoms with Crippen molar-refractivity contribution in [3.63, 3.8) is 0 Å². The molecule has 2 aromatic carbocycles. The Morgan fingerprint density at radius 2 is 1.53 bits per heavy atom. The van der Waals surface area contributed by atoms with Crippen molar-refractivity contribution in [3.05, 3.63) is 66.9 Å². The van der Waals surface area contributed by atoms with Crippen molar-refractivity contribution in [1.82, 2.24) is 14.3 Å².